The minimum Gasteiger partial charge on any atom is -0.490 e. The summed E-state index contributed by atoms with van der Waals surface area (Å²) in [4.78, 5) is 12.6. The highest BCUT2D eigenvalue weighted by atomic mass is 32.1. The van der Waals surface area contributed by atoms with Crippen molar-refractivity contribution in [2.24, 2.45) is 0 Å². The van der Waals surface area contributed by atoms with Crippen molar-refractivity contribution in [3.05, 3.63) is 75.8 Å². The van der Waals surface area contributed by atoms with Gasteiger partial charge in [0.2, 0.25) is 0 Å². The molecule has 3 heterocycles. The number of halogens is 1. The minimum absolute atomic E-state index is 0.264. The van der Waals surface area contributed by atoms with E-state index in [-0.39, 0.29) is 11.6 Å². The predicted octanol–water partition coefficient (Wildman–Crippen LogP) is 4.48. The Balaban J connectivity index is 1.37. The topological polar surface area (TPSA) is 58.5 Å². The molecule has 0 saturated carbocycles. The molecule has 1 saturated heterocycles. The number of para-hydroxylation sites is 1. The Morgan fingerprint density at radius 2 is 2.00 bits per heavy atom. The fraction of sp³-hybridized carbons (Fsp3) is 0.417. The van der Waals surface area contributed by atoms with Gasteiger partial charge in [-0.15, -0.1) is 11.3 Å². The van der Waals surface area contributed by atoms with E-state index in [0.29, 0.717) is 25.9 Å². The number of likely N-dealkylation sites (tertiary alicyclic amines) is 1. The van der Waals surface area contributed by atoms with Crippen molar-refractivity contribution in [3.8, 4) is 5.75 Å². The normalized spacial score (nSPS) is 19.8. The summed E-state index contributed by atoms with van der Waals surface area (Å²) in [5.74, 6) is -0.0903. The molecule has 0 radical (unpaired) electrons. The summed E-state index contributed by atoms with van der Waals surface area (Å²) in [7, 11) is 0. The maximum absolute atomic E-state index is 13.7. The zero-order chi connectivity index (χ0) is 21.7. The van der Waals surface area contributed by atoms with Gasteiger partial charge in [-0.2, -0.15) is 0 Å². The molecule has 3 aromatic rings. The van der Waals surface area contributed by atoms with Crippen molar-refractivity contribution in [1.29, 1.82) is 0 Å². The molecule has 1 aromatic carbocycles. The summed E-state index contributed by atoms with van der Waals surface area (Å²) in [5.41, 5.74) is 1.06. The molecule has 0 bridgehead atoms. The third kappa shape index (κ3) is 5.47. The molecule has 1 aliphatic rings. The van der Waals surface area contributed by atoms with Gasteiger partial charge >= 0.3 is 0 Å². The first kappa shape index (κ1) is 21.9. The van der Waals surface area contributed by atoms with Crippen molar-refractivity contribution in [1.82, 2.24) is 14.9 Å². The molecule has 2 aromatic heterocycles. The Bertz CT molecular complexity index is 997. The molecule has 1 fully saturated rings. The van der Waals surface area contributed by atoms with Gasteiger partial charge in [-0.3, -0.25) is 9.88 Å². The Morgan fingerprint density at radius 1 is 1.16 bits per heavy atom. The van der Waals surface area contributed by atoms with Crippen LogP contribution in [-0.2, 0) is 18.6 Å². The number of pyridine rings is 1. The number of aliphatic hydroxyl groups is 1. The van der Waals surface area contributed by atoms with E-state index in [4.69, 9.17) is 9.72 Å². The molecule has 1 atom stereocenters. The van der Waals surface area contributed by atoms with Crippen LogP contribution in [0.1, 0.15) is 40.5 Å². The fourth-order valence-corrected chi connectivity index (χ4v) is 5.13. The molecule has 164 valence electrons. The second kappa shape index (κ2) is 9.85. The van der Waals surface area contributed by atoms with Crippen LogP contribution in [0.3, 0.4) is 0 Å². The van der Waals surface area contributed by atoms with Gasteiger partial charge in [0, 0.05) is 30.6 Å². The van der Waals surface area contributed by atoms with Crippen LogP contribution in [0.15, 0.2) is 48.7 Å². The van der Waals surface area contributed by atoms with E-state index < -0.39 is 5.60 Å². The third-order valence-corrected chi connectivity index (χ3v) is 7.14. The van der Waals surface area contributed by atoms with Gasteiger partial charge in [-0.05, 0) is 57.0 Å². The largest absolute Gasteiger partial charge is 0.490 e. The number of benzene rings is 1. The number of rotatable bonds is 7. The van der Waals surface area contributed by atoms with Crippen LogP contribution in [0, 0.1) is 12.7 Å². The molecule has 1 aliphatic heterocycles. The molecule has 4 rings (SSSR count). The molecule has 1 N–H and O–H groups in total. The Labute approximate surface area is 186 Å². The second-order valence-corrected chi connectivity index (χ2v) is 9.12. The molecule has 0 amide bonds. The van der Waals surface area contributed by atoms with E-state index in [9.17, 15) is 9.50 Å². The number of hydrogen-bond donors (Lipinski definition) is 1. The first-order chi connectivity index (χ1) is 15.0. The van der Waals surface area contributed by atoms with Gasteiger partial charge in [0.15, 0.2) is 11.6 Å². The smallest absolute Gasteiger partial charge is 0.165 e. The number of thiazole rings is 1. The van der Waals surface area contributed by atoms with E-state index >= 15 is 0 Å². The average molecular weight is 442 g/mol. The lowest BCUT2D eigenvalue weighted by molar-refractivity contribution is 0.0206. The van der Waals surface area contributed by atoms with Gasteiger partial charge in [-0.1, -0.05) is 18.2 Å². The van der Waals surface area contributed by atoms with Crippen LogP contribution < -0.4 is 4.74 Å². The van der Waals surface area contributed by atoms with Gasteiger partial charge in [0.1, 0.15) is 10.6 Å². The Hall–Kier alpha value is -2.35. The van der Waals surface area contributed by atoms with Crippen LogP contribution in [0.5, 0.6) is 5.75 Å². The van der Waals surface area contributed by atoms with Crippen molar-refractivity contribution >= 4 is 11.3 Å². The zero-order valence-corrected chi connectivity index (χ0v) is 18.6. The van der Waals surface area contributed by atoms with E-state index in [1.54, 1.807) is 29.5 Å². The van der Waals surface area contributed by atoms with Crippen LogP contribution in [0.2, 0.25) is 0 Å². The molecule has 7 heteroatoms. The summed E-state index contributed by atoms with van der Waals surface area (Å²) in [5, 5.41) is 12.2. The number of aryl methyl sites for hydroxylation is 1. The van der Waals surface area contributed by atoms with Crippen molar-refractivity contribution < 1.29 is 14.2 Å². The first-order valence-electron chi connectivity index (χ1n) is 10.7. The van der Waals surface area contributed by atoms with Crippen LogP contribution in [0.4, 0.5) is 4.39 Å². The maximum Gasteiger partial charge on any atom is 0.165 e. The highest BCUT2D eigenvalue weighted by molar-refractivity contribution is 7.11. The van der Waals surface area contributed by atoms with E-state index in [2.05, 4.69) is 9.88 Å². The quantitative estimate of drug-likeness (QED) is 0.586. The zero-order valence-electron chi connectivity index (χ0n) is 17.8. The minimum atomic E-state index is -0.904. The number of hydrogen-bond acceptors (Lipinski definition) is 6. The lowest BCUT2D eigenvalue weighted by Gasteiger charge is -2.24. The lowest BCUT2D eigenvalue weighted by Crippen LogP contribution is -2.29. The molecular formula is C24H28FN3O2S. The Kier molecular flexibility index (Phi) is 6.95. The molecule has 0 aliphatic carbocycles. The summed E-state index contributed by atoms with van der Waals surface area (Å²) < 4.78 is 19.3. The van der Waals surface area contributed by atoms with Crippen LogP contribution >= 0.6 is 11.3 Å². The molecule has 31 heavy (non-hydrogen) atoms. The number of aromatic nitrogens is 2. The summed E-state index contributed by atoms with van der Waals surface area (Å²) in [6, 6.07) is 12.4. The highest BCUT2D eigenvalue weighted by Gasteiger charge is 2.35. The van der Waals surface area contributed by atoms with Crippen LogP contribution in [-0.4, -0.2) is 39.7 Å². The van der Waals surface area contributed by atoms with Gasteiger partial charge in [0.05, 0.1) is 18.0 Å². The molecular weight excluding hydrogens is 413 g/mol. The highest BCUT2D eigenvalue weighted by Crippen LogP contribution is 2.37. The van der Waals surface area contributed by atoms with Crippen molar-refractivity contribution in [3.63, 3.8) is 0 Å². The van der Waals surface area contributed by atoms with Gasteiger partial charge in [-0.25, -0.2) is 9.37 Å². The number of nitrogens with zero attached hydrogens (tertiary/aromatic N) is 3. The van der Waals surface area contributed by atoms with Crippen LogP contribution in [0.25, 0.3) is 0 Å². The molecule has 0 spiro atoms. The summed E-state index contributed by atoms with van der Waals surface area (Å²) in [6.07, 6.45) is 4.72. The summed E-state index contributed by atoms with van der Waals surface area (Å²) in [6.45, 7) is 4.88. The monoisotopic (exact) mass is 441 g/mol. The SMILES string of the molecule is Cc1nc([C@]2(O)CCCN(Cc3ccccn3)CC2)sc1CCOc1ccccc1F. The first-order valence-corrected chi connectivity index (χ1v) is 11.5. The van der Waals surface area contributed by atoms with E-state index in [0.717, 1.165) is 47.3 Å². The molecule has 5 nitrogen and oxygen atoms in total. The van der Waals surface area contributed by atoms with Crippen molar-refractivity contribution in [2.45, 2.75) is 44.8 Å². The van der Waals surface area contributed by atoms with Gasteiger partial charge in [0.25, 0.3) is 0 Å². The summed E-state index contributed by atoms with van der Waals surface area (Å²) >= 11 is 1.55. The van der Waals surface area contributed by atoms with Gasteiger partial charge < -0.3 is 9.84 Å². The van der Waals surface area contributed by atoms with E-state index in [1.807, 2.05) is 31.3 Å². The van der Waals surface area contributed by atoms with Crippen molar-refractivity contribution in [2.75, 3.05) is 19.7 Å². The molecule has 0 unspecified atom stereocenters. The second-order valence-electron chi connectivity index (χ2n) is 8.04. The maximum atomic E-state index is 13.7. The predicted molar refractivity (Wildman–Crippen MR) is 120 cm³/mol. The van der Waals surface area contributed by atoms with E-state index in [1.165, 1.54) is 6.07 Å². The average Bonchev–Trinajstić information content (AvgIpc) is 3.04. The third-order valence-electron chi connectivity index (χ3n) is 5.73. The standard InChI is InChI=1S/C24H28FN3O2S/c1-18-22(10-16-30-21-9-3-2-8-20(21)25)31-23(27-18)24(29)11-6-14-28(15-12-24)17-19-7-4-5-13-26-19/h2-5,7-9,13,29H,6,10-12,14-17H2,1H3/t24-/m0/s1. The lowest BCUT2D eigenvalue weighted by atomic mass is 9.96. The number of ether oxygens (including phenoxy) is 1. The fourth-order valence-electron chi connectivity index (χ4n) is 3.94. The Morgan fingerprint density at radius 3 is 2.81 bits per heavy atom.